The fraction of sp³-hybridized carbons (Fsp3) is 0.200. The second-order valence-corrected chi connectivity index (χ2v) is 10.2. The van der Waals surface area contributed by atoms with E-state index < -0.39 is 0 Å². The van der Waals surface area contributed by atoms with Gasteiger partial charge in [0.1, 0.15) is 0 Å². The van der Waals surface area contributed by atoms with Gasteiger partial charge < -0.3 is 4.57 Å². The van der Waals surface area contributed by atoms with Gasteiger partial charge in [-0.3, -0.25) is 0 Å². The van der Waals surface area contributed by atoms with Crippen LogP contribution in [0.15, 0.2) is 78.9 Å². The standard InChI is InChI=1S/C30H25N/c1-29(2)24-14-7-5-11-19(24)22-17-27-23(16-26(22)29)21-13-9-12-20-18-10-6-8-15-25(18)30(3,4)31(27)28(20)21/h5-17H,1-4H3. The maximum Gasteiger partial charge on any atom is 0.0653 e. The molecule has 5 aromatic rings. The Hall–Kier alpha value is -3.32. The van der Waals surface area contributed by atoms with Crippen LogP contribution in [0.2, 0.25) is 0 Å². The van der Waals surface area contributed by atoms with E-state index in [1.54, 1.807) is 0 Å². The third-order valence-corrected chi connectivity index (χ3v) is 7.93. The van der Waals surface area contributed by atoms with E-state index in [0.29, 0.717) is 0 Å². The molecule has 0 radical (unpaired) electrons. The SMILES string of the molecule is CC1(C)c2ccccc2-c2cc3c(cc21)c1cccc2c1n3C(C)(C)c1ccccc1-2. The second kappa shape index (κ2) is 5.29. The molecule has 0 atom stereocenters. The molecule has 0 saturated carbocycles. The van der Waals surface area contributed by atoms with E-state index in [2.05, 4.69) is 111 Å². The van der Waals surface area contributed by atoms with Gasteiger partial charge in [-0.15, -0.1) is 0 Å². The summed E-state index contributed by atoms with van der Waals surface area (Å²) in [5, 5.41) is 2.74. The predicted molar refractivity (Wildman–Crippen MR) is 131 cm³/mol. The molecule has 0 spiro atoms. The molecule has 150 valence electrons. The van der Waals surface area contributed by atoms with Crippen molar-refractivity contribution in [3.05, 3.63) is 95.6 Å². The minimum Gasteiger partial charge on any atom is -0.330 e. The van der Waals surface area contributed by atoms with Gasteiger partial charge in [0.05, 0.1) is 16.6 Å². The van der Waals surface area contributed by atoms with Gasteiger partial charge in [0.15, 0.2) is 0 Å². The van der Waals surface area contributed by atoms with E-state index in [0.717, 1.165) is 0 Å². The van der Waals surface area contributed by atoms with E-state index in [-0.39, 0.29) is 11.0 Å². The molecule has 1 aliphatic carbocycles. The number of fused-ring (bicyclic) bond motifs is 8. The lowest BCUT2D eigenvalue weighted by Crippen LogP contribution is -2.30. The van der Waals surface area contributed by atoms with Gasteiger partial charge in [-0.05, 0) is 59.4 Å². The zero-order valence-corrected chi connectivity index (χ0v) is 18.5. The van der Waals surface area contributed by atoms with Gasteiger partial charge in [0, 0.05) is 21.8 Å². The maximum atomic E-state index is 2.60. The average molecular weight is 400 g/mol. The average Bonchev–Trinajstić information content (AvgIpc) is 3.22. The monoisotopic (exact) mass is 399 g/mol. The fourth-order valence-corrected chi connectivity index (χ4v) is 6.43. The lowest BCUT2D eigenvalue weighted by atomic mass is 9.82. The van der Waals surface area contributed by atoms with Gasteiger partial charge in [0.25, 0.3) is 0 Å². The van der Waals surface area contributed by atoms with Crippen molar-refractivity contribution < 1.29 is 0 Å². The zero-order chi connectivity index (χ0) is 21.1. The van der Waals surface area contributed by atoms with Crippen LogP contribution in [-0.2, 0) is 11.0 Å². The molecule has 2 aliphatic rings. The molecular formula is C30H25N. The summed E-state index contributed by atoms with van der Waals surface area (Å²) in [6, 6.07) is 29.6. The Morgan fingerprint density at radius 3 is 1.97 bits per heavy atom. The molecule has 1 aromatic heterocycles. The molecule has 0 amide bonds. The van der Waals surface area contributed by atoms with Gasteiger partial charge in [-0.2, -0.15) is 0 Å². The van der Waals surface area contributed by atoms with Crippen LogP contribution < -0.4 is 0 Å². The van der Waals surface area contributed by atoms with Crippen LogP contribution in [0, 0.1) is 0 Å². The first kappa shape index (κ1) is 17.4. The highest BCUT2D eigenvalue weighted by molar-refractivity contribution is 6.15. The van der Waals surface area contributed by atoms with Crippen LogP contribution in [-0.4, -0.2) is 4.57 Å². The quantitative estimate of drug-likeness (QED) is 0.250. The van der Waals surface area contributed by atoms with Crippen molar-refractivity contribution in [3.8, 4) is 22.3 Å². The Labute approximate surface area is 183 Å². The summed E-state index contributed by atoms with van der Waals surface area (Å²) in [5.41, 5.74) is 12.4. The van der Waals surface area contributed by atoms with Crippen molar-refractivity contribution in [2.24, 2.45) is 0 Å². The first-order valence-corrected chi connectivity index (χ1v) is 11.2. The fourth-order valence-electron chi connectivity index (χ4n) is 6.43. The smallest absolute Gasteiger partial charge is 0.0653 e. The van der Waals surface area contributed by atoms with Crippen molar-refractivity contribution in [1.29, 1.82) is 0 Å². The highest BCUT2D eigenvalue weighted by Crippen LogP contribution is 2.53. The highest BCUT2D eigenvalue weighted by atomic mass is 15.1. The molecule has 0 saturated heterocycles. The molecule has 0 N–H and O–H groups in total. The summed E-state index contributed by atoms with van der Waals surface area (Å²) < 4.78 is 2.60. The highest BCUT2D eigenvalue weighted by Gasteiger charge is 2.39. The molecule has 2 heterocycles. The molecule has 1 aliphatic heterocycles. The number of rotatable bonds is 0. The molecule has 0 fully saturated rings. The van der Waals surface area contributed by atoms with Crippen molar-refractivity contribution in [1.82, 2.24) is 4.57 Å². The molecule has 0 unspecified atom stereocenters. The summed E-state index contributed by atoms with van der Waals surface area (Å²) >= 11 is 0. The Morgan fingerprint density at radius 2 is 1.19 bits per heavy atom. The number of hydrogen-bond donors (Lipinski definition) is 0. The molecule has 7 rings (SSSR count). The van der Waals surface area contributed by atoms with E-state index in [4.69, 9.17) is 0 Å². The summed E-state index contributed by atoms with van der Waals surface area (Å²) in [6.07, 6.45) is 0. The third kappa shape index (κ3) is 1.89. The zero-order valence-electron chi connectivity index (χ0n) is 18.5. The van der Waals surface area contributed by atoms with E-state index in [9.17, 15) is 0 Å². The third-order valence-electron chi connectivity index (χ3n) is 7.93. The van der Waals surface area contributed by atoms with E-state index in [1.807, 2.05) is 0 Å². The molecular weight excluding hydrogens is 374 g/mol. The first-order chi connectivity index (χ1) is 14.9. The van der Waals surface area contributed by atoms with Crippen molar-refractivity contribution >= 4 is 21.8 Å². The Bertz CT molecular complexity index is 1580. The summed E-state index contributed by atoms with van der Waals surface area (Å²) in [6.45, 7) is 9.47. The minimum atomic E-state index is -0.118. The predicted octanol–water partition coefficient (Wildman–Crippen LogP) is 7.86. The van der Waals surface area contributed by atoms with Crippen molar-refractivity contribution in [2.45, 2.75) is 38.6 Å². The first-order valence-electron chi connectivity index (χ1n) is 11.2. The lowest BCUT2D eigenvalue weighted by molar-refractivity contribution is 0.462. The number of hydrogen-bond acceptors (Lipinski definition) is 0. The Morgan fingerprint density at radius 1 is 0.548 bits per heavy atom. The van der Waals surface area contributed by atoms with E-state index >= 15 is 0 Å². The topological polar surface area (TPSA) is 4.93 Å². The minimum absolute atomic E-state index is 0.0187. The van der Waals surface area contributed by atoms with Crippen LogP contribution in [0.5, 0.6) is 0 Å². The summed E-state index contributed by atoms with van der Waals surface area (Å²) in [4.78, 5) is 0. The lowest BCUT2D eigenvalue weighted by Gasteiger charge is -2.36. The van der Waals surface area contributed by atoms with Gasteiger partial charge >= 0.3 is 0 Å². The van der Waals surface area contributed by atoms with Gasteiger partial charge in [-0.25, -0.2) is 0 Å². The van der Waals surface area contributed by atoms with Crippen LogP contribution in [0.1, 0.15) is 44.4 Å². The maximum absolute atomic E-state index is 2.60. The molecule has 0 bridgehead atoms. The summed E-state index contributed by atoms with van der Waals surface area (Å²) in [7, 11) is 0. The van der Waals surface area contributed by atoms with Crippen LogP contribution >= 0.6 is 0 Å². The second-order valence-electron chi connectivity index (χ2n) is 10.2. The number of para-hydroxylation sites is 1. The molecule has 1 heteroatoms. The number of benzene rings is 4. The van der Waals surface area contributed by atoms with Crippen LogP contribution in [0.4, 0.5) is 0 Å². The number of aromatic nitrogens is 1. The number of nitrogens with zero attached hydrogens (tertiary/aromatic N) is 1. The van der Waals surface area contributed by atoms with Crippen molar-refractivity contribution in [3.63, 3.8) is 0 Å². The normalized spacial score (nSPS) is 16.9. The van der Waals surface area contributed by atoms with Crippen LogP contribution in [0.25, 0.3) is 44.1 Å². The van der Waals surface area contributed by atoms with Crippen LogP contribution in [0.3, 0.4) is 0 Å². The summed E-state index contributed by atoms with van der Waals surface area (Å²) in [5.74, 6) is 0. The van der Waals surface area contributed by atoms with Gasteiger partial charge in [-0.1, -0.05) is 80.6 Å². The molecule has 31 heavy (non-hydrogen) atoms. The van der Waals surface area contributed by atoms with E-state index in [1.165, 1.54) is 60.8 Å². The molecule has 4 aromatic carbocycles. The van der Waals surface area contributed by atoms with Gasteiger partial charge in [0.2, 0.25) is 0 Å². The Kier molecular flexibility index (Phi) is 2.96. The van der Waals surface area contributed by atoms with Crippen molar-refractivity contribution in [2.75, 3.05) is 0 Å². The molecule has 1 nitrogen and oxygen atoms in total. The largest absolute Gasteiger partial charge is 0.330 e. The Balaban J connectivity index is 1.70.